The molecule has 1 unspecified atom stereocenters. The number of fused-ring (bicyclic) bond motifs is 3. The molecule has 38 heavy (non-hydrogen) atoms. The van der Waals surface area contributed by atoms with Gasteiger partial charge in [-0.1, -0.05) is 35.5 Å². The summed E-state index contributed by atoms with van der Waals surface area (Å²) < 4.78 is 34.8. The highest BCUT2D eigenvalue weighted by molar-refractivity contribution is 7.90. The Balaban J connectivity index is 1.70. The monoisotopic (exact) mass is 531 g/mol. The Morgan fingerprint density at radius 2 is 1.84 bits per heavy atom. The fourth-order valence-electron chi connectivity index (χ4n) is 5.72. The second-order valence-electron chi connectivity index (χ2n) is 9.88. The van der Waals surface area contributed by atoms with E-state index in [0.29, 0.717) is 24.6 Å². The highest BCUT2D eigenvalue weighted by atomic mass is 32.2. The second-order valence-corrected chi connectivity index (χ2v) is 11.9. The highest BCUT2D eigenvalue weighted by Crippen LogP contribution is 2.41. The predicted molar refractivity (Wildman–Crippen MR) is 144 cm³/mol. The van der Waals surface area contributed by atoms with Crippen LogP contribution >= 0.6 is 0 Å². The molecule has 10 heteroatoms. The Hall–Kier alpha value is -3.60. The molecule has 2 aromatic carbocycles. The quantitative estimate of drug-likeness (QED) is 0.354. The number of aryl methyl sites for hydroxylation is 1. The zero-order valence-electron chi connectivity index (χ0n) is 21.3. The van der Waals surface area contributed by atoms with Crippen LogP contribution in [-0.4, -0.2) is 57.5 Å². The normalized spacial score (nSPS) is 15.9. The van der Waals surface area contributed by atoms with Crippen molar-refractivity contribution in [3.05, 3.63) is 72.1 Å². The fraction of sp³-hybridized carbons (Fsp3) is 0.321. The zero-order chi connectivity index (χ0) is 26.4. The van der Waals surface area contributed by atoms with Crippen molar-refractivity contribution in [1.29, 1.82) is 0 Å². The van der Waals surface area contributed by atoms with E-state index in [1.807, 2.05) is 24.3 Å². The molecule has 0 aliphatic carbocycles. The summed E-state index contributed by atoms with van der Waals surface area (Å²) in [5.74, 6) is 0.280. The second kappa shape index (κ2) is 9.61. The molecular formula is C28H29N5O4S. The number of aliphatic hydroxyl groups is 1. The first-order valence-electron chi connectivity index (χ1n) is 12.6. The zero-order valence-corrected chi connectivity index (χ0v) is 22.1. The topological polar surface area (TPSA) is 112 Å². The van der Waals surface area contributed by atoms with Crippen LogP contribution in [0, 0.1) is 5.92 Å². The van der Waals surface area contributed by atoms with Crippen LogP contribution in [0.4, 0.5) is 0 Å². The Bertz CT molecular complexity index is 1740. The Kier molecular flexibility index (Phi) is 6.25. The van der Waals surface area contributed by atoms with Gasteiger partial charge in [-0.15, -0.1) is 5.10 Å². The fourth-order valence-corrected chi connectivity index (χ4v) is 6.36. The van der Waals surface area contributed by atoms with Crippen molar-refractivity contribution < 1.29 is 18.3 Å². The standard InChI is InChI=1S/C28H29N5O4S/c1-32-28(23(17-34)30-31-32)20-14-25-26(29-16-20)22-9-8-21(38(2,35)36)15-24(22)33(25)27(18-6-4-3-5-7-18)19-10-12-37-13-11-19/h3-9,14-16,19,27,34H,10-13,17H2,1-2H3. The lowest BCUT2D eigenvalue weighted by Crippen LogP contribution is -2.27. The highest BCUT2D eigenvalue weighted by Gasteiger charge is 2.31. The third kappa shape index (κ3) is 4.18. The van der Waals surface area contributed by atoms with E-state index >= 15 is 0 Å². The Morgan fingerprint density at radius 1 is 1.08 bits per heavy atom. The number of sulfone groups is 1. The van der Waals surface area contributed by atoms with Crippen molar-refractivity contribution in [3.8, 4) is 11.3 Å². The van der Waals surface area contributed by atoms with Crippen LogP contribution < -0.4 is 0 Å². The van der Waals surface area contributed by atoms with E-state index in [1.165, 1.54) is 6.26 Å². The number of hydrogen-bond donors (Lipinski definition) is 1. The van der Waals surface area contributed by atoms with Gasteiger partial charge in [0.15, 0.2) is 9.84 Å². The molecule has 6 rings (SSSR count). The summed E-state index contributed by atoms with van der Waals surface area (Å²) in [7, 11) is -1.64. The molecular weight excluding hydrogens is 502 g/mol. The van der Waals surface area contributed by atoms with Crippen LogP contribution in [-0.2, 0) is 28.2 Å². The molecule has 196 valence electrons. The lowest BCUT2D eigenvalue weighted by molar-refractivity contribution is 0.0553. The Labute approximate surface area is 220 Å². The first-order valence-corrected chi connectivity index (χ1v) is 14.5. The van der Waals surface area contributed by atoms with Crippen LogP contribution in [0.5, 0.6) is 0 Å². The van der Waals surface area contributed by atoms with Crippen LogP contribution in [0.1, 0.15) is 30.1 Å². The van der Waals surface area contributed by atoms with Crippen molar-refractivity contribution in [2.24, 2.45) is 13.0 Å². The summed E-state index contributed by atoms with van der Waals surface area (Å²) in [5, 5.41) is 19.0. The van der Waals surface area contributed by atoms with Crippen LogP contribution in [0.15, 0.2) is 65.7 Å². The summed E-state index contributed by atoms with van der Waals surface area (Å²) in [4.78, 5) is 5.14. The average molecular weight is 532 g/mol. The first-order chi connectivity index (χ1) is 18.4. The van der Waals surface area contributed by atoms with Gasteiger partial charge in [-0.05, 0) is 48.6 Å². The van der Waals surface area contributed by atoms with Crippen LogP contribution in [0.25, 0.3) is 33.2 Å². The maximum absolute atomic E-state index is 12.6. The van der Waals surface area contributed by atoms with Crippen molar-refractivity contribution >= 4 is 31.8 Å². The summed E-state index contributed by atoms with van der Waals surface area (Å²) in [6.07, 6.45) is 4.77. The van der Waals surface area contributed by atoms with E-state index in [0.717, 1.165) is 45.9 Å². The molecule has 3 aromatic heterocycles. The summed E-state index contributed by atoms with van der Waals surface area (Å²) in [6.45, 7) is 1.13. The third-order valence-electron chi connectivity index (χ3n) is 7.49. The smallest absolute Gasteiger partial charge is 0.175 e. The molecule has 1 saturated heterocycles. The van der Waals surface area contributed by atoms with E-state index in [1.54, 1.807) is 30.1 Å². The minimum Gasteiger partial charge on any atom is -0.390 e. The van der Waals surface area contributed by atoms with Gasteiger partial charge in [-0.2, -0.15) is 0 Å². The summed E-state index contributed by atoms with van der Waals surface area (Å²) >= 11 is 0. The van der Waals surface area contributed by atoms with Crippen molar-refractivity contribution in [3.63, 3.8) is 0 Å². The van der Waals surface area contributed by atoms with E-state index in [9.17, 15) is 13.5 Å². The maximum Gasteiger partial charge on any atom is 0.175 e. The molecule has 0 saturated carbocycles. The number of hydrogen-bond acceptors (Lipinski definition) is 7. The minimum atomic E-state index is -3.42. The predicted octanol–water partition coefficient (Wildman–Crippen LogP) is 3.90. The molecule has 1 fully saturated rings. The molecule has 0 bridgehead atoms. The van der Waals surface area contributed by atoms with E-state index in [2.05, 4.69) is 33.1 Å². The average Bonchev–Trinajstić information content (AvgIpc) is 3.46. The van der Waals surface area contributed by atoms with Gasteiger partial charge in [0.25, 0.3) is 0 Å². The number of pyridine rings is 1. The molecule has 1 atom stereocenters. The van der Waals surface area contributed by atoms with Gasteiger partial charge < -0.3 is 14.4 Å². The van der Waals surface area contributed by atoms with Crippen LogP contribution in [0.2, 0.25) is 0 Å². The summed E-state index contributed by atoms with van der Waals surface area (Å²) in [5.41, 5.74) is 5.58. The molecule has 5 aromatic rings. The van der Waals surface area contributed by atoms with Gasteiger partial charge >= 0.3 is 0 Å². The third-order valence-corrected chi connectivity index (χ3v) is 8.60. The van der Waals surface area contributed by atoms with E-state index in [4.69, 9.17) is 9.72 Å². The number of aromatic nitrogens is 5. The van der Waals surface area contributed by atoms with Crippen molar-refractivity contribution in [2.75, 3.05) is 19.5 Å². The van der Waals surface area contributed by atoms with Gasteiger partial charge in [0.1, 0.15) is 5.69 Å². The molecule has 9 nitrogen and oxygen atoms in total. The first kappa shape index (κ1) is 24.7. The SMILES string of the molecule is Cn1nnc(CO)c1-c1cnc2c3ccc(S(C)(=O)=O)cc3n(C(c3ccccc3)C3CCOCC3)c2c1. The van der Waals surface area contributed by atoms with Gasteiger partial charge in [-0.3, -0.25) is 4.98 Å². The molecule has 1 N–H and O–H groups in total. The molecule has 4 heterocycles. The van der Waals surface area contributed by atoms with Crippen molar-refractivity contribution in [2.45, 2.75) is 30.4 Å². The van der Waals surface area contributed by atoms with Crippen LogP contribution in [0.3, 0.4) is 0 Å². The van der Waals surface area contributed by atoms with Gasteiger partial charge in [-0.25, -0.2) is 13.1 Å². The number of ether oxygens (including phenoxy) is 1. The number of nitrogens with zero attached hydrogens (tertiary/aromatic N) is 5. The van der Waals surface area contributed by atoms with Gasteiger partial charge in [0.2, 0.25) is 0 Å². The maximum atomic E-state index is 12.6. The lowest BCUT2D eigenvalue weighted by Gasteiger charge is -2.33. The number of benzene rings is 2. The Morgan fingerprint density at radius 3 is 2.55 bits per heavy atom. The van der Waals surface area contributed by atoms with Gasteiger partial charge in [0, 0.05) is 43.7 Å². The number of aliphatic hydroxyl groups excluding tert-OH is 1. The van der Waals surface area contributed by atoms with Crippen molar-refractivity contribution in [1.82, 2.24) is 24.5 Å². The molecule has 0 spiro atoms. The summed E-state index contributed by atoms with van der Waals surface area (Å²) in [6, 6.07) is 17.6. The van der Waals surface area contributed by atoms with E-state index in [-0.39, 0.29) is 23.5 Å². The minimum absolute atomic E-state index is 0.0612. The number of rotatable bonds is 6. The largest absolute Gasteiger partial charge is 0.390 e. The lowest BCUT2D eigenvalue weighted by atomic mass is 9.86. The molecule has 1 aliphatic rings. The molecule has 1 aliphatic heterocycles. The van der Waals surface area contributed by atoms with Gasteiger partial charge in [0.05, 0.1) is 39.8 Å². The molecule has 0 radical (unpaired) electrons. The van der Waals surface area contributed by atoms with E-state index < -0.39 is 9.84 Å². The molecule has 0 amide bonds.